The Hall–Kier alpha value is -2.40. The summed E-state index contributed by atoms with van der Waals surface area (Å²) in [7, 11) is 0. The van der Waals surface area contributed by atoms with Gasteiger partial charge in [-0.3, -0.25) is 4.40 Å². The standard InChI is InChI=1S/C14H8ClFN2O2/c15-9-5-6-18-11(7-9)17-12(13(18)14(19)20)8-1-3-10(16)4-2-8/h1-7H,(H,19,20). The van der Waals surface area contributed by atoms with E-state index in [4.69, 9.17) is 11.6 Å². The molecule has 0 aliphatic heterocycles. The van der Waals surface area contributed by atoms with Gasteiger partial charge in [-0.1, -0.05) is 11.6 Å². The topological polar surface area (TPSA) is 54.6 Å². The van der Waals surface area contributed by atoms with E-state index < -0.39 is 11.8 Å². The Kier molecular flexibility index (Phi) is 2.91. The summed E-state index contributed by atoms with van der Waals surface area (Å²) in [5.74, 6) is -1.50. The third kappa shape index (κ3) is 2.02. The number of carboxylic acids is 1. The first kappa shape index (κ1) is 12.6. The van der Waals surface area contributed by atoms with Gasteiger partial charge >= 0.3 is 5.97 Å². The maximum absolute atomic E-state index is 13.0. The molecule has 0 amide bonds. The zero-order valence-corrected chi connectivity index (χ0v) is 10.8. The van der Waals surface area contributed by atoms with Crippen LogP contribution in [0.15, 0.2) is 42.6 Å². The lowest BCUT2D eigenvalue weighted by Crippen LogP contribution is -2.03. The summed E-state index contributed by atoms with van der Waals surface area (Å²) >= 11 is 5.88. The molecule has 0 spiro atoms. The number of imidazole rings is 1. The first-order valence-electron chi connectivity index (χ1n) is 5.73. The van der Waals surface area contributed by atoms with Gasteiger partial charge in [-0.25, -0.2) is 14.2 Å². The van der Waals surface area contributed by atoms with Crippen LogP contribution in [0.1, 0.15) is 10.5 Å². The van der Waals surface area contributed by atoms with Crippen molar-refractivity contribution in [2.24, 2.45) is 0 Å². The molecule has 0 unspecified atom stereocenters. The fraction of sp³-hybridized carbons (Fsp3) is 0. The second-order valence-corrected chi connectivity index (χ2v) is 4.63. The van der Waals surface area contributed by atoms with E-state index in [1.807, 2.05) is 0 Å². The molecule has 6 heteroatoms. The van der Waals surface area contributed by atoms with Crippen LogP contribution in [0.4, 0.5) is 4.39 Å². The molecule has 100 valence electrons. The van der Waals surface area contributed by atoms with Gasteiger partial charge in [-0.2, -0.15) is 0 Å². The van der Waals surface area contributed by atoms with E-state index in [0.717, 1.165) is 0 Å². The Morgan fingerprint density at radius 2 is 1.95 bits per heavy atom. The molecule has 4 nitrogen and oxygen atoms in total. The van der Waals surface area contributed by atoms with Gasteiger partial charge in [0.25, 0.3) is 0 Å². The number of carboxylic acid groups (broad SMARTS) is 1. The summed E-state index contributed by atoms with van der Waals surface area (Å²) in [6.45, 7) is 0. The highest BCUT2D eigenvalue weighted by atomic mass is 35.5. The van der Waals surface area contributed by atoms with E-state index in [-0.39, 0.29) is 11.4 Å². The highest BCUT2D eigenvalue weighted by Crippen LogP contribution is 2.26. The number of rotatable bonds is 2. The molecule has 0 saturated carbocycles. The fourth-order valence-corrected chi connectivity index (χ4v) is 2.19. The van der Waals surface area contributed by atoms with Crippen molar-refractivity contribution in [1.82, 2.24) is 9.38 Å². The first-order valence-corrected chi connectivity index (χ1v) is 6.11. The minimum Gasteiger partial charge on any atom is -0.476 e. The molecule has 2 heterocycles. The zero-order chi connectivity index (χ0) is 14.3. The molecule has 1 aromatic carbocycles. The molecule has 0 saturated heterocycles. The molecule has 3 rings (SSSR count). The van der Waals surface area contributed by atoms with Gasteiger partial charge < -0.3 is 5.11 Å². The summed E-state index contributed by atoms with van der Waals surface area (Å²) in [5, 5.41) is 9.83. The number of hydrogen-bond acceptors (Lipinski definition) is 2. The molecule has 2 aromatic heterocycles. The lowest BCUT2D eigenvalue weighted by Gasteiger charge is -2.00. The highest BCUT2D eigenvalue weighted by Gasteiger charge is 2.19. The van der Waals surface area contributed by atoms with Gasteiger partial charge in [-0.15, -0.1) is 0 Å². The Labute approximate surface area is 118 Å². The summed E-state index contributed by atoms with van der Waals surface area (Å²) in [6, 6.07) is 8.66. The summed E-state index contributed by atoms with van der Waals surface area (Å²) in [6.07, 6.45) is 1.54. The molecular weight excluding hydrogens is 283 g/mol. The minimum absolute atomic E-state index is 0.0169. The van der Waals surface area contributed by atoms with Crippen molar-refractivity contribution in [3.8, 4) is 11.3 Å². The molecule has 0 bridgehead atoms. The van der Waals surface area contributed by atoms with Crippen LogP contribution < -0.4 is 0 Å². The SMILES string of the molecule is O=C(O)c1c(-c2ccc(F)cc2)nc2cc(Cl)ccn12. The highest BCUT2D eigenvalue weighted by molar-refractivity contribution is 6.30. The average Bonchev–Trinajstić information content (AvgIpc) is 2.77. The van der Waals surface area contributed by atoms with Crippen LogP contribution in [0, 0.1) is 5.82 Å². The molecule has 20 heavy (non-hydrogen) atoms. The van der Waals surface area contributed by atoms with Gasteiger partial charge in [0.2, 0.25) is 0 Å². The van der Waals surface area contributed by atoms with Crippen molar-refractivity contribution < 1.29 is 14.3 Å². The molecular formula is C14H8ClFN2O2. The van der Waals surface area contributed by atoms with Crippen LogP contribution in [-0.4, -0.2) is 20.5 Å². The van der Waals surface area contributed by atoms with E-state index in [1.165, 1.54) is 28.7 Å². The number of benzene rings is 1. The van der Waals surface area contributed by atoms with Gasteiger partial charge in [-0.05, 0) is 30.3 Å². The third-order valence-corrected chi connectivity index (χ3v) is 3.14. The van der Waals surface area contributed by atoms with Gasteiger partial charge in [0, 0.05) is 22.8 Å². The monoisotopic (exact) mass is 290 g/mol. The number of halogens is 2. The Morgan fingerprint density at radius 1 is 1.25 bits per heavy atom. The zero-order valence-electron chi connectivity index (χ0n) is 10.0. The number of nitrogens with zero attached hydrogens (tertiary/aromatic N) is 2. The van der Waals surface area contributed by atoms with Crippen LogP contribution >= 0.6 is 11.6 Å². The predicted octanol–water partition coefficient (Wildman–Crippen LogP) is 3.49. The fourth-order valence-electron chi connectivity index (χ4n) is 2.03. The van der Waals surface area contributed by atoms with Crippen molar-refractivity contribution in [2.75, 3.05) is 0 Å². The van der Waals surface area contributed by atoms with Gasteiger partial charge in [0.1, 0.15) is 17.2 Å². The second kappa shape index (κ2) is 4.61. The molecule has 0 atom stereocenters. The molecule has 0 radical (unpaired) electrons. The van der Waals surface area contributed by atoms with Crippen LogP contribution in [0.2, 0.25) is 5.02 Å². The number of fused-ring (bicyclic) bond motifs is 1. The summed E-state index contributed by atoms with van der Waals surface area (Å²) in [5.41, 5.74) is 1.25. The van der Waals surface area contributed by atoms with Crippen LogP contribution in [-0.2, 0) is 0 Å². The number of aromatic carboxylic acids is 1. The van der Waals surface area contributed by atoms with E-state index in [0.29, 0.717) is 16.2 Å². The quantitative estimate of drug-likeness (QED) is 0.786. The summed E-state index contributed by atoms with van der Waals surface area (Å²) in [4.78, 5) is 15.7. The lowest BCUT2D eigenvalue weighted by molar-refractivity contribution is 0.0690. The molecule has 1 N–H and O–H groups in total. The number of pyridine rings is 1. The van der Waals surface area contributed by atoms with E-state index in [1.54, 1.807) is 18.3 Å². The minimum atomic E-state index is -1.11. The average molecular weight is 291 g/mol. The molecule has 0 aliphatic rings. The van der Waals surface area contributed by atoms with Crippen molar-refractivity contribution >= 4 is 23.2 Å². The van der Waals surface area contributed by atoms with E-state index in [2.05, 4.69) is 4.98 Å². The number of hydrogen-bond donors (Lipinski definition) is 1. The van der Waals surface area contributed by atoms with Crippen LogP contribution in [0.5, 0.6) is 0 Å². The number of carbonyl (C=O) groups is 1. The lowest BCUT2D eigenvalue weighted by atomic mass is 10.1. The van der Waals surface area contributed by atoms with Crippen molar-refractivity contribution in [1.29, 1.82) is 0 Å². The van der Waals surface area contributed by atoms with Crippen molar-refractivity contribution in [3.05, 3.63) is 59.1 Å². The largest absolute Gasteiger partial charge is 0.476 e. The predicted molar refractivity (Wildman–Crippen MR) is 72.6 cm³/mol. The first-order chi connectivity index (χ1) is 9.56. The summed E-state index contributed by atoms with van der Waals surface area (Å²) < 4.78 is 14.4. The Morgan fingerprint density at radius 3 is 2.60 bits per heavy atom. The smallest absolute Gasteiger partial charge is 0.355 e. The van der Waals surface area contributed by atoms with Crippen LogP contribution in [0.25, 0.3) is 16.9 Å². The third-order valence-electron chi connectivity index (χ3n) is 2.91. The Balaban J connectivity index is 2.31. The second-order valence-electron chi connectivity index (χ2n) is 4.19. The maximum Gasteiger partial charge on any atom is 0.355 e. The molecule has 3 aromatic rings. The maximum atomic E-state index is 13.0. The van der Waals surface area contributed by atoms with Crippen molar-refractivity contribution in [2.45, 2.75) is 0 Å². The van der Waals surface area contributed by atoms with E-state index in [9.17, 15) is 14.3 Å². The normalized spacial score (nSPS) is 10.9. The van der Waals surface area contributed by atoms with Crippen molar-refractivity contribution in [3.63, 3.8) is 0 Å². The Bertz CT molecular complexity index is 812. The van der Waals surface area contributed by atoms with Gasteiger partial charge in [0.15, 0.2) is 5.69 Å². The number of aromatic nitrogens is 2. The van der Waals surface area contributed by atoms with E-state index >= 15 is 0 Å². The van der Waals surface area contributed by atoms with Gasteiger partial charge in [0.05, 0.1) is 0 Å². The molecule has 0 fully saturated rings. The molecule has 0 aliphatic carbocycles. The van der Waals surface area contributed by atoms with Crippen LogP contribution in [0.3, 0.4) is 0 Å².